The first-order chi connectivity index (χ1) is 11.0. The maximum absolute atomic E-state index is 12.8. The molecule has 0 bridgehead atoms. The van der Waals surface area contributed by atoms with E-state index in [4.69, 9.17) is 4.74 Å². The summed E-state index contributed by atoms with van der Waals surface area (Å²) in [6.45, 7) is 2.59. The predicted octanol–water partition coefficient (Wildman–Crippen LogP) is -0.547. The summed E-state index contributed by atoms with van der Waals surface area (Å²) in [4.78, 5) is 26.7. The average molecular weight is 316 g/mol. The first kappa shape index (κ1) is 14.2. The molecule has 7 nitrogen and oxygen atoms in total. The van der Waals surface area contributed by atoms with Gasteiger partial charge < -0.3 is 25.2 Å². The number of Topliss-reactive ketones (excluding diaryl/α,β-unsaturated/α-hetero) is 1. The van der Waals surface area contributed by atoms with Crippen LogP contribution in [0.5, 0.6) is 0 Å². The zero-order valence-electron chi connectivity index (χ0n) is 12.5. The average Bonchev–Trinajstić information content (AvgIpc) is 3.12. The van der Waals surface area contributed by atoms with E-state index >= 15 is 0 Å². The summed E-state index contributed by atoms with van der Waals surface area (Å²) in [6, 6.07) is 6.47. The summed E-state index contributed by atoms with van der Waals surface area (Å²) in [5.74, 6) is -1.24. The molecular weight excluding hydrogens is 300 g/mol. The van der Waals surface area contributed by atoms with E-state index in [2.05, 4.69) is 5.32 Å². The lowest BCUT2D eigenvalue weighted by Crippen LogP contribution is -2.57. The third kappa shape index (κ3) is 1.37. The van der Waals surface area contributed by atoms with Crippen LogP contribution in [0.25, 0.3) is 0 Å². The second-order valence-corrected chi connectivity index (χ2v) is 5.78. The van der Waals surface area contributed by atoms with Crippen molar-refractivity contribution in [2.24, 2.45) is 0 Å². The molecule has 23 heavy (non-hydrogen) atoms. The summed E-state index contributed by atoms with van der Waals surface area (Å²) in [7, 11) is 0. The maximum atomic E-state index is 12.8. The molecule has 0 radical (unpaired) electrons. The molecule has 3 aliphatic rings. The van der Waals surface area contributed by atoms with Crippen molar-refractivity contribution in [3.05, 3.63) is 46.8 Å². The Morgan fingerprint density at radius 1 is 1.39 bits per heavy atom. The topological polar surface area (TPSA) is 99.1 Å². The molecule has 0 aromatic heterocycles. The largest absolute Gasteiger partial charge is 0.462 e. The van der Waals surface area contributed by atoms with Crippen LogP contribution in [-0.4, -0.2) is 52.2 Å². The molecule has 3 N–H and O–H groups in total. The van der Waals surface area contributed by atoms with Gasteiger partial charge in [-0.1, -0.05) is 24.3 Å². The van der Waals surface area contributed by atoms with Gasteiger partial charge in [0, 0.05) is 24.2 Å². The van der Waals surface area contributed by atoms with Crippen LogP contribution in [0.3, 0.4) is 0 Å². The van der Waals surface area contributed by atoms with E-state index in [-0.39, 0.29) is 23.6 Å². The summed E-state index contributed by atoms with van der Waals surface area (Å²) in [6.07, 6.45) is 0. The van der Waals surface area contributed by atoms with Crippen LogP contribution >= 0.6 is 0 Å². The van der Waals surface area contributed by atoms with Crippen molar-refractivity contribution in [3.63, 3.8) is 0 Å². The fourth-order valence-electron chi connectivity index (χ4n) is 3.82. The molecule has 1 aromatic rings. The third-order valence-electron chi connectivity index (χ3n) is 4.75. The van der Waals surface area contributed by atoms with Gasteiger partial charge in [-0.2, -0.15) is 0 Å². The van der Waals surface area contributed by atoms with E-state index in [1.165, 1.54) is 11.0 Å². The summed E-state index contributed by atoms with van der Waals surface area (Å²) >= 11 is 0. The minimum Gasteiger partial charge on any atom is -0.462 e. The number of ketones is 1. The van der Waals surface area contributed by atoms with Gasteiger partial charge in [-0.15, -0.1) is 0 Å². The SMILES string of the molecule is CCOC(=O)C1=C2NCCN2C2(O)c3ccccc3C(=O)C12O. The van der Waals surface area contributed by atoms with E-state index in [9.17, 15) is 19.8 Å². The molecule has 0 saturated carbocycles. The van der Waals surface area contributed by atoms with Gasteiger partial charge in [0.05, 0.1) is 6.61 Å². The third-order valence-corrected chi connectivity index (χ3v) is 4.75. The molecule has 7 heteroatoms. The number of esters is 1. The predicted molar refractivity (Wildman–Crippen MR) is 78.0 cm³/mol. The molecule has 2 heterocycles. The van der Waals surface area contributed by atoms with Gasteiger partial charge in [-0.25, -0.2) is 4.79 Å². The lowest BCUT2D eigenvalue weighted by atomic mass is 9.85. The minimum atomic E-state index is -2.37. The number of rotatable bonds is 2. The minimum absolute atomic E-state index is 0.102. The molecule has 120 valence electrons. The number of hydrogen-bond acceptors (Lipinski definition) is 7. The van der Waals surface area contributed by atoms with Crippen LogP contribution in [0, 0.1) is 0 Å². The second kappa shape index (κ2) is 4.33. The lowest BCUT2D eigenvalue weighted by Gasteiger charge is -2.37. The quantitative estimate of drug-likeness (QED) is 0.630. The van der Waals surface area contributed by atoms with E-state index in [1.807, 2.05) is 0 Å². The number of ether oxygens (including phenoxy) is 1. The Balaban J connectivity index is 1.99. The Bertz CT molecular complexity index is 773. The van der Waals surface area contributed by atoms with E-state index in [0.717, 1.165) is 0 Å². The van der Waals surface area contributed by atoms with Gasteiger partial charge in [0.25, 0.3) is 0 Å². The van der Waals surface area contributed by atoms with Gasteiger partial charge in [0.2, 0.25) is 17.1 Å². The number of carbonyl (C=O) groups excluding carboxylic acids is 2. The first-order valence-corrected chi connectivity index (χ1v) is 7.50. The number of benzene rings is 1. The summed E-state index contributed by atoms with van der Waals surface area (Å²) in [5.41, 5.74) is -4.08. The van der Waals surface area contributed by atoms with Gasteiger partial charge >= 0.3 is 5.97 Å². The highest BCUT2D eigenvalue weighted by atomic mass is 16.5. The highest BCUT2D eigenvalue weighted by molar-refractivity contribution is 6.16. The monoisotopic (exact) mass is 316 g/mol. The zero-order valence-corrected chi connectivity index (χ0v) is 12.5. The number of nitrogens with zero attached hydrogens (tertiary/aromatic N) is 1. The fraction of sp³-hybridized carbons (Fsp3) is 0.375. The highest BCUT2D eigenvalue weighted by Gasteiger charge is 2.74. The number of nitrogens with one attached hydrogen (secondary N) is 1. The van der Waals surface area contributed by atoms with Gasteiger partial charge in [0.15, 0.2) is 0 Å². The van der Waals surface area contributed by atoms with Crippen molar-refractivity contribution < 1.29 is 24.5 Å². The molecular formula is C16H16N2O5. The summed E-state index contributed by atoms with van der Waals surface area (Å²) in [5, 5.41) is 25.5. The van der Waals surface area contributed by atoms with Crippen molar-refractivity contribution in [1.82, 2.24) is 10.2 Å². The number of carbonyl (C=O) groups is 2. The van der Waals surface area contributed by atoms with Crippen molar-refractivity contribution in [3.8, 4) is 0 Å². The molecule has 0 amide bonds. The Morgan fingerprint density at radius 2 is 2.13 bits per heavy atom. The number of aliphatic hydroxyl groups is 2. The van der Waals surface area contributed by atoms with Crippen molar-refractivity contribution >= 4 is 11.8 Å². The molecule has 4 rings (SSSR count). The molecule has 1 aromatic carbocycles. The standard InChI is InChI=1S/C16H16N2O5/c1-2-23-14(20)11-13-17-7-8-18(13)16(22)10-6-4-3-5-9(10)12(19)15(11,16)21/h3-6,17,21-22H,2,7-8H2,1H3. The molecule has 1 saturated heterocycles. The highest BCUT2D eigenvalue weighted by Crippen LogP contribution is 2.56. The smallest absolute Gasteiger partial charge is 0.341 e. The first-order valence-electron chi connectivity index (χ1n) is 7.50. The van der Waals surface area contributed by atoms with Gasteiger partial charge in [-0.3, -0.25) is 4.79 Å². The van der Waals surface area contributed by atoms with Crippen LogP contribution in [0.1, 0.15) is 22.8 Å². The molecule has 2 unspecified atom stereocenters. The normalized spacial score (nSPS) is 30.9. The number of fused-ring (bicyclic) bond motifs is 5. The molecule has 1 fully saturated rings. The Labute approximate surface area is 132 Å². The van der Waals surface area contributed by atoms with Crippen LogP contribution in [0.15, 0.2) is 35.7 Å². The second-order valence-electron chi connectivity index (χ2n) is 5.78. The van der Waals surface area contributed by atoms with E-state index < -0.39 is 23.1 Å². The molecule has 2 atom stereocenters. The molecule has 0 spiro atoms. The van der Waals surface area contributed by atoms with Crippen LogP contribution in [-0.2, 0) is 15.3 Å². The van der Waals surface area contributed by atoms with E-state index in [1.54, 1.807) is 25.1 Å². The van der Waals surface area contributed by atoms with Crippen molar-refractivity contribution in [2.75, 3.05) is 19.7 Å². The molecule has 2 aliphatic heterocycles. The molecule has 1 aliphatic carbocycles. The Kier molecular flexibility index (Phi) is 2.68. The Morgan fingerprint density at radius 3 is 2.87 bits per heavy atom. The van der Waals surface area contributed by atoms with Crippen LogP contribution in [0.2, 0.25) is 0 Å². The van der Waals surface area contributed by atoms with Gasteiger partial charge in [-0.05, 0) is 6.92 Å². The zero-order chi connectivity index (χ0) is 16.4. The lowest BCUT2D eigenvalue weighted by molar-refractivity contribution is -0.172. The van der Waals surface area contributed by atoms with Crippen molar-refractivity contribution in [2.45, 2.75) is 18.2 Å². The number of hydrogen-bond donors (Lipinski definition) is 3. The summed E-state index contributed by atoms with van der Waals surface area (Å²) < 4.78 is 5.01. The van der Waals surface area contributed by atoms with Crippen molar-refractivity contribution in [1.29, 1.82) is 0 Å². The van der Waals surface area contributed by atoms with Crippen LogP contribution in [0.4, 0.5) is 0 Å². The fourth-order valence-corrected chi connectivity index (χ4v) is 3.82. The Hall–Kier alpha value is -2.38. The van der Waals surface area contributed by atoms with E-state index in [0.29, 0.717) is 18.7 Å². The maximum Gasteiger partial charge on any atom is 0.341 e. The van der Waals surface area contributed by atoms with Crippen LogP contribution < -0.4 is 5.32 Å². The van der Waals surface area contributed by atoms with Gasteiger partial charge in [0.1, 0.15) is 11.4 Å².